The van der Waals surface area contributed by atoms with Crippen LogP contribution in [-0.2, 0) is 4.79 Å². The predicted octanol–water partition coefficient (Wildman–Crippen LogP) is 2.07. The molecule has 0 bridgehead atoms. The highest BCUT2D eigenvalue weighted by Gasteiger charge is 2.34. The fraction of sp³-hybridized carbons (Fsp3) is 0.500. The van der Waals surface area contributed by atoms with Gasteiger partial charge in [-0.3, -0.25) is 20.2 Å². The van der Waals surface area contributed by atoms with Gasteiger partial charge >= 0.3 is 0 Å². The van der Waals surface area contributed by atoms with E-state index in [9.17, 15) is 14.9 Å². The highest BCUT2D eigenvalue weighted by molar-refractivity contribution is 5.81. The zero-order valence-electron chi connectivity index (χ0n) is 11.9. The quantitative estimate of drug-likeness (QED) is 0.678. The molecule has 0 aliphatic carbocycles. The number of benzene rings is 1. The monoisotopic (exact) mass is 277 g/mol. The third-order valence-electron chi connectivity index (χ3n) is 3.14. The summed E-state index contributed by atoms with van der Waals surface area (Å²) in [5.74, 6) is 0.0586. The predicted molar refractivity (Wildman–Crippen MR) is 75.0 cm³/mol. The van der Waals surface area contributed by atoms with E-state index in [1.807, 2.05) is 0 Å². The van der Waals surface area contributed by atoms with Gasteiger partial charge in [0.15, 0.2) is 0 Å². The summed E-state index contributed by atoms with van der Waals surface area (Å²) in [6.45, 7) is 7.17. The molecule has 1 aromatic carbocycles. The number of non-ortho nitro benzene ring substituents is 1. The number of hydrogen-bond acceptors (Lipinski definition) is 4. The van der Waals surface area contributed by atoms with Crippen LogP contribution in [0.2, 0.25) is 0 Å². The maximum atomic E-state index is 12.0. The van der Waals surface area contributed by atoms with Gasteiger partial charge in [0, 0.05) is 18.7 Å². The van der Waals surface area contributed by atoms with Crippen molar-refractivity contribution < 1.29 is 9.72 Å². The standard InChI is InChI=1S/C14H19N3O3/c1-14(2,3)9-16-12(18)8-15-13(16)10-4-6-11(7-5-10)17(19)20/h4-7,13,15H,8-9H2,1-3H3. The molecule has 108 valence electrons. The van der Waals surface area contributed by atoms with Gasteiger partial charge in [-0.15, -0.1) is 0 Å². The largest absolute Gasteiger partial charge is 0.321 e. The van der Waals surface area contributed by atoms with Crippen LogP contribution < -0.4 is 5.32 Å². The molecular formula is C14H19N3O3. The van der Waals surface area contributed by atoms with E-state index in [0.717, 1.165) is 5.56 Å². The highest BCUT2D eigenvalue weighted by Crippen LogP contribution is 2.28. The topological polar surface area (TPSA) is 75.5 Å². The number of nitro benzene ring substituents is 1. The number of hydrogen-bond donors (Lipinski definition) is 1. The average molecular weight is 277 g/mol. The molecule has 1 fully saturated rings. The van der Waals surface area contributed by atoms with Crippen LogP contribution in [0.4, 0.5) is 5.69 Å². The lowest BCUT2D eigenvalue weighted by Crippen LogP contribution is -2.37. The summed E-state index contributed by atoms with van der Waals surface area (Å²) in [5.41, 5.74) is 0.923. The SMILES string of the molecule is CC(C)(C)CN1C(=O)CNC1c1ccc([N+](=O)[O-])cc1. The van der Waals surface area contributed by atoms with Gasteiger partial charge in [-0.2, -0.15) is 0 Å². The van der Waals surface area contributed by atoms with Crippen LogP contribution in [0, 0.1) is 15.5 Å². The minimum atomic E-state index is -0.427. The van der Waals surface area contributed by atoms with Crippen molar-refractivity contribution >= 4 is 11.6 Å². The second-order valence-corrected chi connectivity index (χ2v) is 6.21. The molecule has 2 rings (SSSR count). The normalized spacial score (nSPS) is 19.4. The summed E-state index contributed by atoms with van der Waals surface area (Å²) in [5, 5.41) is 13.8. The summed E-state index contributed by atoms with van der Waals surface area (Å²) >= 11 is 0. The number of carbonyl (C=O) groups is 1. The molecule has 1 aliphatic heterocycles. The van der Waals surface area contributed by atoms with Gasteiger partial charge in [0.1, 0.15) is 6.17 Å². The fourth-order valence-electron chi connectivity index (χ4n) is 2.31. The smallest absolute Gasteiger partial charge is 0.269 e. The highest BCUT2D eigenvalue weighted by atomic mass is 16.6. The molecule has 20 heavy (non-hydrogen) atoms. The van der Waals surface area contributed by atoms with Gasteiger partial charge < -0.3 is 4.90 Å². The van der Waals surface area contributed by atoms with E-state index in [1.54, 1.807) is 17.0 Å². The van der Waals surface area contributed by atoms with Crippen LogP contribution >= 0.6 is 0 Å². The molecule has 0 saturated carbocycles. The van der Waals surface area contributed by atoms with E-state index in [2.05, 4.69) is 26.1 Å². The van der Waals surface area contributed by atoms with Crippen LogP contribution in [0.25, 0.3) is 0 Å². The van der Waals surface area contributed by atoms with E-state index < -0.39 is 4.92 Å². The molecule has 0 spiro atoms. The Morgan fingerprint density at radius 3 is 2.45 bits per heavy atom. The summed E-state index contributed by atoms with van der Waals surface area (Å²) in [6.07, 6.45) is -0.206. The van der Waals surface area contributed by atoms with Crippen LogP contribution in [0.15, 0.2) is 24.3 Å². The Bertz CT molecular complexity index is 519. The van der Waals surface area contributed by atoms with Crippen LogP contribution in [0.5, 0.6) is 0 Å². The van der Waals surface area contributed by atoms with Gasteiger partial charge in [-0.1, -0.05) is 20.8 Å². The van der Waals surface area contributed by atoms with Crippen molar-refractivity contribution in [3.63, 3.8) is 0 Å². The molecule has 1 aromatic rings. The van der Waals surface area contributed by atoms with Crippen molar-refractivity contribution in [1.29, 1.82) is 0 Å². The maximum Gasteiger partial charge on any atom is 0.269 e. The lowest BCUT2D eigenvalue weighted by Gasteiger charge is -2.31. The zero-order valence-corrected chi connectivity index (χ0v) is 11.9. The molecule has 1 heterocycles. The Morgan fingerprint density at radius 2 is 1.95 bits per heavy atom. The Balaban J connectivity index is 2.22. The van der Waals surface area contributed by atoms with E-state index in [0.29, 0.717) is 13.1 Å². The minimum absolute atomic E-state index is 0.000701. The van der Waals surface area contributed by atoms with Crippen LogP contribution in [0.1, 0.15) is 32.5 Å². The molecule has 6 nitrogen and oxygen atoms in total. The fourth-order valence-corrected chi connectivity index (χ4v) is 2.31. The van der Waals surface area contributed by atoms with E-state index in [4.69, 9.17) is 0 Å². The van der Waals surface area contributed by atoms with Gasteiger partial charge in [-0.05, 0) is 23.1 Å². The molecule has 1 N–H and O–H groups in total. The lowest BCUT2D eigenvalue weighted by molar-refractivity contribution is -0.384. The van der Waals surface area contributed by atoms with Crippen molar-refractivity contribution in [3.8, 4) is 0 Å². The Labute approximate surface area is 117 Å². The number of carbonyl (C=O) groups excluding carboxylic acids is 1. The van der Waals surface area contributed by atoms with Crippen molar-refractivity contribution in [2.24, 2.45) is 5.41 Å². The Morgan fingerprint density at radius 1 is 1.35 bits per heavy atom. The zero-order chi connectivity index (χ0) is 14.9. The van der Waals surface area contributed by atoms with Crippen molar-refractivity contribution in [1.82, 2.24) is 10.2 Å². The first-order valence-corrected chi connectivity index (χ1v) is 6.55. The molecule has 1 unspecified atom stereocenters. The van der Waals surface area contributed by atoms with Crippen LogP contribution in [0.3, 0.4) is 0 Å². The first-order chi connectivity index (χ1) is 9.28. The summed E-state index contributed by atoms with van der Waals surface area (Å²) in [7, 11) is 0. The second-order valence-electron chi connectivity index (χ2n) is 6.21. The molecule has 0 aromatic heterocycles. The number of amides is 1. The first kappa shape index (κ1) is 14.5. The third kappa shape index (κ3) is 3.14. The molecule has 1 atom stereocenters. The Kier molecular flexibility index (Phi) is 3.76. The average Bonchev–Trinajstić information content (AvgIpc) is 2.69. The Hall–Kier alpha value is -1.95. The van der Waals surface area contributed by atoms with Crippen LogP contribution in [-0.4, -0.2) is 28.8 Å². The molecule has 6 heteroatoms. The number of rotatable bonds is 3. The maximum absolute atomic E-state index is 12.0. The van der Waals surface area contributed by atoms with Crippen molar-refractivity contribution in [3.05, 3.63) is 39.9 Å². The first-order valence-electron chi connectivity index (χ1n) is 6.55. The molecule has 0 radical (unpaired) electrons. The van der Waals surface area contributed by atoms with Gasteiger partial charge in [-0.25, -0.2) is 0 Å². The summed E-state index contributed by atoms with van der Waals surface area (Å²) in [4.78, 5) is 24.0. The molecule has 1 amide bonds. The number of nitro groups is 1. The van der Waals surface area contributed by atoms with Crippen molar-refractivity contribution in [2.75, 3.05) is 13.1 Å². The van der Waals surface area contributed by atoms with E-state index >= 15 is 0 Å². The lowest BCUT2D eigenvalue weighted by atomic mass is 9.95. The third-order valence-corrected chi connectivity index (χ3v) is 3.14. The second kappa shape index (κ2) is 5.20. The van der Waals surface area contributed by atoms with E-state index in [1.165, 1.54) is 12.1 Å². The van der Waals surface area contributed by atoms with E-state index in [-0.39, 0.29) is 23.2 Å². The summed E-state index contributed by atoms with van der Waals surface area (Å²) < 4.78 is 0. The van der Waals surface area contributed by atoms with Gasteiger partial charge in [0.25, 0.3) is 5.69 Å². The number of nitrogens with one attached hydrogen (secondary N) is 1. The minimum Gasteiger partial charge on any atom is -0.321 e. The summed E-state index contributed by atoms with van der Waals surface area (Å²) in [6, 6.07) is 6.33. The molecular weight excluding hydrogens is 258 g/mol. The van der Waals surface area contributed by atoms with Gasteiger partial charge in [0.2, 0.25) is 5.91 Å². The molecule has 1 aliphatic rings. The van der Waals surface area contributed by atoms with Gasteiger partial charge in [0.05, 0.1) is 11.5 Å². The van der Waals surface area contributed by atoms with Crippen molar-refractivity contribution in [2.45, 2.75) is 26.9 Å². The number of nitrogens with zero attached hydrogens (tertiary/aromatic N) is 2. The molecule has 1 saturated heterocycles.